The maximum absolute atomic E-state index is 11.3. The first kappa shape index (κ1) is 12.6. The molecule has 5 heteroatoms. The Labute approximate surface area is 105 Å². The summed E-state index contributed by atoms with van der Waals surface area (Å²) >= 11 is 0. The minimum Gasteiger partial charge on any atom is -0.480 e. The van der Waals surface area contributed by atoms with Gasteiger partial charge in [-0.1, -0.05) is 0 Å². The Kier molecular flexibility index (Phi) is 3.34. The number of carbonyl (C=O) groups is 1. The molecule has 2 rings (SSSR count). The highest BCUT2D eigenvalue weighted by atomic mass is 16.5. The maximum atomic E-state index is 11.3. The van der Waals surface area contributed by atoms with Gasteiger partial charge in [-0.25, -0.2) is 9.78 Å². The topological polar surface area (TPSA) is 64.3 Å². The van der Waals surface area contributed by atoms with Crippen molar-refractivity contribution in [2.75, 3.05) is 13.7 Å². The fourth-order valence-electron chi connectivity index (χ4n) is 1.96. The van der Waals surface area contributed by atoms with Crippen molar-refractivity contribution in [3.63, 3.8) is 0 Å². The van der Waals surface area contributed by atoms with Crippen LogP contribution in [0.3, 0.4) is 0 Å². The van der Waals surface area contributed by atoms with Crippen LogP contribution >= 0.6 is 0 Å². The minimum absolute atomic E-state index is 0.119. The lowest BCUT2D eigenvalue weighted by atomic mass is 10.1. The van der Waals surface area contributed by atoms with Crippen LogP contribution in [0.15, 0.2) is 18.5 Å². The van der Waals surface area contributed by atoms with E-state index >= 15 is 0 Å². The molecule has 1 N–H and O–H groups in total. The van der Waals surface area contributed by atoms with Gasteiger partial charge in [0.15, 0.2) is 6.04 Å². The lowest BCUT2D eigenvalue weighted by Crippen LogP contribution is -2.22. The second-order valence-electron chi connectivity index (χ2n) is 4.39. The number of aryl methyl sites for hydroxylation is 2. The van der Waals surface area contributed by atoms with Crippen LogP contribution in [-0.2, 0) is 9.53 Å². The van der Waals surface area contributed by atoms with E-state index in [4.69, 9.17) is 4.74 Å². The third-order valence-electron chi connectivity index (χ3n) is 3.14. The van der Waals surface area contributed by atoms with Crippen LogP contribution in [0.5, 0.6) is 0 Å². The van der Waals surface area contributed by atoms with Crippen LogP contribution in [0.2, 0.25) is 0 Å². The highest BCUT2D eigenvalue weighted by Crippen LogP contribution is 2.22. The molecule has 0 saturated heterocycles. The van der Waals surface area contributed by atoms with Gasteiger partial charge in [0.2, 0.25) is 0 Å². The molecule has 18 heavy (non-hydrogen) atoms. The van der Waals surface area contributed by atoms with Gasteiger partial charge in [0.05, 0.1) is 24.0 Å². The minimum atomic E-state index is -0.922. The van der Waals surface area contributed by atoms with E-state index in [1.165, 1.54) is 7.11 Å². The number of rotatable bonds is 4. The van der Waals surface area contributed by atoms with Gasteiger partial charge < -0.3 is 14.4 Å². The number of carboxylic acids is 1. The Hall–Kier alpha value is -1.88. The molecule has 0 bridgehead atoms. The number of carboxylic acid groups (broad SMARTS) is 1. The molecule has 0 aliphatic rings. The Morgan fingerprint density at radius 2 is 2.11 bits per heavy atom. The number of aromatic nitrogens is 2. The van der Waals surface area contributed by atoms with Gasteiger partial charge in [0, 0.05) is 7.11 Å². The van der Waals surface area contributed by atoms with Crippen molar-refractivity contribution in [2.45, 2.75) is 19.9 Å². The fraction of sp³-hybridized carbons (Fsp3) is 0.385. The summed E-state index contributed by atoms with van der Waals surface area (Å²) in [5, 5.41) is 9.23. The van der Waals surface area contributed by atoms with Crippen LogP contribution in [0.1, 0.15) is 17.2 Å². The van der Waals surface area contributed by atoms with Gasteiger partial charge in [-0.2, -0.15) is 0 Å². The van der Waals surface area contributed by atoms with Crippen molar-refractivity contribution in [3.05, 3.63) is 29.6 Å². The number of nitrogens with zero attached hydrogens (tertiary/aromatic N) is 2. The molecule has 0 spiro atoms. The highest BCUT2D eigenvalue weighted by Gasteiger charge is 2.21. The van der Waals surface area contributed by atoms with E-state index in [-0.39, 0.29) is 6.61 Å². The molecule has 5 nitrogen and oxygen atoms in total. The summed E-state index contributed by atoms with van der Waals surface area (Å²) in [6.07, 6.45) is 1.56. The van der Waals surface area contributed by atoms with Gasteiger partial charge in [-0.3, -0.25) is 0 Å². The number of benzene rings is 1. The number of ether oxygens (including phenoxy) is 1. The van der Waals surface area contributed by atoms with Gasteiger partial charge in [-0.15, -0.1) is 0 Å². The Morgan fingerprint density at radius 3 is 2.72 bits per heavy atom. The summed E-state index contributed by atoms with van der Waals surface area (Å²) in [6.45, 7) is 4.13. The Morgan fingerprint density at radius 1 is 1.44 bits per heavy atom. The molecule has 0 aliphatic heterocycles. The van der Waals surface area contributed by atoms with Gasteiger partial charge >= 0.3 is 5.97 Å². The Balaban J connectivity index is 2.56. The average Bonchev–Trinajstić information content (AvgIpc) is 2.69. The van der Waals surface area contributed by atoms with Crippen LogP contribution in [0, 0.1) is 13.8 Å². The average molecular weight is 248 g/mol. The molecule has 1 unspecified atom stereocenters. The van der Waals surface area contributed by atoms with Gasteiger partial charge in [-0.05, 0) is 37.1 Å². The second kappa shape index (κ2) is 4.78. The largest absolute Gasteiger partial charge is 0.480 e. The van der Waals surface area contributed by atoms with Crippen molar-refractivity contribution >= 4 is 17.0 Å². The first-order valence-corrected chi connectivity index (χ1v) is 5.70. The molecule has 1 atom stereocenters. The first-order chi connectivity index (χ1) is 8.54. The SMILES string of the molecule is COCC(C(=O)O)n1cnc2cc(C)c(C)cc21. The van der Waals surface area contributed by atoms with E-state index in [9.17, 15) is 9.90 Å². The molecule has 1 aromatic carbocycles. The predicted octanol–water partition coefficient (Wildman–Crippen LogP) is 1.93. The molecule has 0 amide bonds. The van der Waals surface area contributed by atoms with Crippen LogP contribution in [0.4, 0.5) is 0 Å². The number of imidazole rings is 1. The Bertz CT molecular complexity index is 589. The summed E-state index contributed by atoms with van der Waals surface area (Å²) in [7, 11) is 1.49. The highest BCUT2D eigenvalue weighted by molar-refractivity contribution is 5.81. The van der Waals surface area contributed by atoms with E-state index in [1.54, 1.807) is 10.9 Å². The van der Waals surface area contributed by atoms with Crippen LogP contribution in [0.25, 0.3) is 11.0 Å². The molecule has 1 aromatic heterocycles. The van der Waals surface area contributed by atoms with Crippen LogP contribution in [-0.4, -0.2) is 34.3 Å². The summed E-state index contributed by atoms with van der Waals surface area (Å²) < 4.78 is 6.61. The third kappa shape index (κ3) is 2.09. The van der Waals surface area contributed by atoms with E-state index in [0.717, 1.165) is 22.2 Å². The fourth-order valence-corrected chi connectivity index (χ4v) is 1.96. The monoisotopic (exact) mass is 248 g/mol. The summed E-state index contributed by atoms with van der Waals surface area (Å²) in [5.41, 5.74) is 3.89. The summed E-state index contributed by atoms with van der Waals surface area (Å²) in [5.74, 6) is -0.922. The number of aliphatic carboxylic acids is 1. The first-order valence-electron chi connectivity index (χ1n) is 5.70. The standard InChI is InChI=1S/C13H16N2O3/c1-8-4-10-11(5-9(8)2)15(7-14-10)12(6-18-3)13(16)17/h4-5,7,12H,6H2,1-3H3,(H,16,17). The van der Waals surface area contributed by atoms with E-state index in [1.807, 2.05) is 26.0 Å². The number of methoxy groups -OCH3 is 1. The molecule has 0 radical (unpaired) electrons. The number of hydrogen-bond acceptors (Lipinski definition) is 3. The van der Waals surface area contributed by atoms with Crippen molar-refractivity contribution in [2.24, 2.45) is 0 Å². The number of hydrogen-bond donors (Lipinski definition) is 1. The van der Waals surface area contributed by atoms with Crippen LogP contribution < -0.4 is 0 Å². The molecular formula is C13H16N2O3. The predicted molar refractivity (Wildman–Crippen MR) is 67.8 cm³/mol. The van der Waals surface area contributed by atoms with Gasteiger partial charge in [0.25, 0.3) is 0 Å². The van der Waals surface area contributed by atoms with E-state index < -0.39 is 12.0 Å². The lowest BCUT2D eigenvalue weighted by molar-refractivity contribution is -0.142. The van der Waals surface area contributed by atoms with Gasteiger partial charge in [0.1, 0.15) is 0 Å². The zero-order valence-corrected chi connectivity index (χ0v) is 10.7. The molecule has 2 aromatic rings. The zero-order valence-electron chi connectivity index (χ0n) is 10.7. The summed E-state index contributed by atoms with van der Waals surface area (Å²) in [6, 6.07) is 3.18. The molecule has 96 valence electrons. The van der Waals surface area contributed by atoms with Crippen molar-refractivity contribution in [1.29, 1.82) is 0 Å². The van der Waals surface area contributed by atoms with Crippen molar-refractivity contribution in [3.8, 4) is 0 Å². The quantitative estimate of drug-likeness (QED) is 0.897. The van der Waals surface area contributed by atoms with E-state index in [2.05, 4.69) is 4.98 Å². The molecular weight excluding hydrogens is 232 g/mol. The van der Waals surface area contributed by atoms with Crippen molar-refractivity contribution < 1.29 is 14.6 Å². The maximum Gasteiger partial charge on any atom is 0.329 e. The summed E-state index contributed by atoms with van der Waals surface area (Å²) in [4.78, 5) is 15.5. The lowest BCUT2D eigenvalue weighted by Gasteiger charge is -2.14. The number of fused-ring (bicyclic) bond motifs is 1. The second-order valence-corrected chi connectivity index (χ2v) is 4.39. The normalized spacial score (nSPS) is 12.8. The van der Waals surface area contributed by atoms with E-state index in [0.29, 0.717) is 0 Å². The molecule has 0 aliphatic carbocycles. The molecule has 1 heterocycles. The molecule has 0 saturated carbocycles. The molecule has 0 fully saturated rings. The smallest absolute Gasteiger partial charge is 0.329 e. The zero-order chi connectivity index (χ0) is 13.3. The third-order valence-corrected chi connectivity index (χ3v) is 3.14. The van der Waals surface area contributed by atoms with Crippen molar-refractivity contribution in [1.82, 2.24) is 9.55 Å².